The minimum Gasteiger partial charge on any atom is -0.345 e. The molecule has 2 heterocycles. The molecule has 0 bridgehead atoms. The SMILES string of the molecule is C=C/C(=C\C=C\Nc1nc(NC2=CCC(S(=O)(=O)OC)C=C2)c(N=Nc2nc(-c3ccc(-c4ccccc4)cc3)c(N=Nc3cc(S(=O)(=O)OC)c4cc(CS(=O)(=O)O)cc(S(=O)(=O)OC)c4c3)s2)c(C)c1C#N)S(=O)(=O)OC. The summed E-state index contributed by atoms with van der Waals surface area (Å²) in [4.78, 5) is 7.80. The molecule has 24 nitrogen and oxygen atoms in total. The number of thiazole rings is 1. The maximum absolute atomic E-state index is 13.5. The van der Waals surface area contributed by atoms with Crippen molar-refractivity contribution in [2.75, 3.05) is 39.1 Å². The average Bonchev–Trinajstić information content (AvgIpc) is 3.97. The van der Waals surface area contributed by atoms with Crippen molar-refractivity contribution >= 4 is 106 Å². The predicted molar refractivity (Wildman–Crippen MR) is 295 cm³/mol. The Balaban J connectivity index is 1.38. The van der Waals surface area contributed by atoms with E-state index in [0.29, 0.717) is 11.3 Å². The van der Waals surface area contributed by atoms with E-state index >= 15 is 0 Å². The van der Waals surface area contributed by atoms with Crippen LogP contribution in [0, 0.1) is 18.3 Å². The molecule has 30 heteroatoms. The third-order valence-corrected chi connectivity index (χ3v) is 18.5. The van der Waals surface area contributed by atoms with Crippen LogP contribution in [-0.4, -0.2) is 90.3 Å². The summed E-state index contributed by atoms with van der Waals surface area (Å²) < 4.78 is 155. The van der Waals surface area contributed by atoms with Crippen LogP contribution in [0.3, 0.4) is 0 Å². The Morgan fingerprint density at radius 3 is 2.04 bits per heavy atom. The zero-order valence-corrected chi connectivity index (χ0v) is 46.9. The first-order valence-electron chi connectivity index (χ1n) is 22.5. The molecule has 0 radical (unpaired) electrons. The van der Waals surface area contributed by atoms with Crippen molar-refractivity contribution in [1.29, 1.82) is 5.26 Å². The Hall–Kier alpha value is -7.54. The van der Waals surface area contributed by atoms with Gasteiger partial charge in [0.1, 0.15) is 38.2 Å². The van der Waals surface area contributed by atoms with Crippen LogP contribution in [0.15, 0.2) is 169 Å². The van der Waals surface area contributed by atoms with E-state index in [1.54, 1.807) is 25.1 Å². The molecule has 1 aliphatic carbocycles. The van der Waals surface area contributed by atoms with Crippen LogP contribution in [0.5, 0.6) is 0 Å². The van der Waals surface area contributed by atoms with Crippen LogP contribution in [-0.2, 0) is 73.1 Å². The van der Waals surface area contributed by atoms with E-state index in [1.165, 1.54) is 36.6 Å². The molecule has 2 aromatic heterocycles. The number of pyridine rings is 1. The number of rotatable bonds is 22. The molecule has 1 aliphatic rings. The van der Waals surface area contributed by atoms with E-state index in [-0.39, 0.29) is 77.6 Å². The summed E-state index contributed by atoms with van der Waals surface area (Å²) in [5, 5.41) is 32.6. The highest BCUT2D eigenvalue weighted by atomic mass is 32.2. The Kier molecular flexibility index (Phi) is 18.1. The van der Waals surface area contributed by atoms with E-state index < -0.39 is 71.4 Å². The van der Waals surface area contributed by atoms with Gasteiger partial charge in [-0.3, -0.25) is 21.3 Å². The van der Waals surface area contributed by atoms with E-state index in [2.05, 4.69) is 52.9 Å². The number of benzene rings is 4. The van der Waals surface area contributed by atoms with Crippen molar-refractivity contribution in [1.82, 2.24) is 9.97 Å². The predicted octanol–water partition coefficient (Wildman–Crippen LogP) is 9.67. The largest absolute Gasteiger partial charge is 0.345 e. The molecular weight excluding hydrogens is 1150 g/mol. The number of nitrogens with one attached hydrogen (secondary N) is 2. The van der Waals surface area contributed by atoms with Crippen LogP contribution in [0.4, 0.5) is 33.1 Å². The fraction of sp³-hybridized carbons (Fsp3) is 0.163. The van der Waals surface area contributed by atoms with Gasteiger partial charge >= 0.3 is 0 Å². The number of aromatic nitrogens is 2. The lowest BCUT2D eigenvalue weighted by Gasteiger charge is -2.18. The van der Waals surface area contributed by atoms with E-state index in [9.17, 15) is 51.9 Å². The zero-order chi connectivity index (χ0) is 57.5. The Morgan fingerprint density at radius 2 is 1.44 bits per heavy atom. The van der Waals surface area contributed by atoms with Crippen LogP contribution in [0.25, 0.3) is 33.2 Å². The number of hydrogen-bond donors (Lipinski definition) is 3. The summed E-state index contributed by atoms with van der Waals surface area (Å²) >= 11 is 0.861. The van der Waals surface area contributed by atoms with Gasteiger partial charge in [0.15, 0.2) is 16.6 Å². The second kappa shape index (κ2) is 24.2. The van der Waals surface area contributed by atoms with Crippen molar-refractivity contribution in [3.05, 3.63) is 155 Å². The van der Waals surface area contributed by atoms with Gasteiger partial charge in [-0.1, -0.05) is 84.7 Å². The molecule has 1 unspecified atom stereocenters. The second-order valence-corrected chi connectivity index (χ2v) is 25.7. The molecule has 0 amide bonds. The van der Waals surface area contributed by atoms with Crippen LogP contribution in [0.1, 0.15) is 23.1 Å². The van der Waals surface area contributed by atoms with Crippen molar-refractivity contribution in [2.45, 2.75) is 34.1 Å². The molecule has 0 aliphatic heterocycles. The minimum atomic E-state index is -4.75. The van der Waals surface area contributed by atoms with E-state index in [0.717, 1.165) is 75.2 Å². The van der Waals surface area contributed by atoms with Gasteiger partial charge in [-0.15, -0.1) is 20.5 Å². The van der Waals surface area contributed by atoms with Gasteiger partial charge in [-0.05, 0) is 78.6 Å². The second-order valence-electron chi connectivity index (χ2n) is 16.3. The Labute approximate surface area is 459 Å². The summed E-state index contributed by atoms with van der Waals surface area (Å²) in [7, 11) is -18.5. The first-order valence-corrected chi connectivity index (χ1v) is 30.6. The number of nitriles is 1. The zero-order valence-electron chi connectivity index (χ0n) is 42.0. The Morgan fingerprint density at radius 1 is 0.797 bits per heavy atom. The highest BCUT2D eigenvalue weighted by molar-refractivity contribution is 7.91. The molecule has 4 aromatic carbocycles. The number of hydrogen-bond acceptors (Lipinski definition) is 24. The normalized spacial score (nSPS) is 14.8. The number of fused-ring (bicyclic) bond motifs is 1. The fourth-order valence-corrected chi connectivity index (χ4v) is 12.2. The highest BCUT2D eigenvalue weighted by Gasteiger charge is 2.28. The summed E-state index contributed by atoms with van der Waals surface area (Å²) in [6.07, 6.45) is 9.38. The fourth-order valence-electron chi connectivity index (χ4n) is 7.56. The molecule has 6 aromatic rings. The first kappa shape index (κ1) is 59.1. The van der Waals surface area contributed by atoms with Crippen molar-refractivity contribution in [2.24, 2.45) is 20.5 Å². The third-order valence-electron chi connectivity index (χ3n) is 11.5. The highest BCUT2D eigenvalue weighted by Crippen LogP contribution is 2.44. The first-order chi connectivity index (χ1) is 37.4. The summed E-state index contributed by atoms with van der Waals surface area (Å²) in [5.41, 5.74) is 2.54. The molecule has 1 atom stereocenters. The molecular formula is C49H45N9O15S6. The standard InChI is InChI=1S/C49H45N9O15S6/c1-7-37(76(62,63)70-3)14-11-23-51-46-41(28-50)30(2)44(47(54-46)52-35-19-21-38(22-20-35)77(64,65)71-4)56-58-49-53-45(34-17-15-33(16-18-34)32-12-9-8-10-13-32)48(74-49)57-55-36-26-40-39(43(27-36)79(68,69)73-6)24-31(29-75(59,60)61)25-42(40)78(66,67)72-5/h7-21,23-27,38H,1,22,29H2,2-6H3,(H2,51,52,54)(H,59,60,61)/b23-11+,37-14+,57-55?,58-56?. The lowest BCUT2D eigenvalue weighted by Crippen LogP contribution is -2.22. The van der Waals surface area contributed by atoms with Gasteiger partial charge in [-0.25, -0.2) is 9.97 Å². The van der Waals surface area contributed by atoms with Crippen molar-refractivity contribution < 1.29 is 63.4 Å². The molecule has 3 N–H and O–H groups in total. The van der Waals surface area contributed by atoms with Gasteiger partial charge in [0.25, 0.3) is 50.6 Å². The van der Waals surface area contributed by atoms with Gasteiger partial charge < -0.3 is 10.6 Å². The third kappa shape index (κ3) is 13.8. The molecule has 0 spiro atoms. The van der Waals surface area contributed by atoms with Gasteiger partial charge in [-0.2, -0.15) is 47.4 Å². The number of allylic oxidation sites excluding steroid dienone is 5. The van der Waals surface area contributed by atoms with Crippen molar-refractivity contribution in [3.8, 4) is 28.5 Å². The molecule has 7 rings (SSSR count). The molecule has 0 saturated heterocycles. The topological polar surface area (TPSA) is 351 Å². The molecule has 0 saturated carbocycles. The van der Waals surface area contributed by atoms with Crippen LogP contribution >= 0.6 is 11.3 Å². The van der Waals surface area contributed by atoms with E-state index in [4.69, 9.17) is 17.5 Å². The summed E-state index contributed by atoms with van der Waals surface area (Å²) in [6, 6.07) is 22.9. The average molecular weight is 1190 g/mol. The maximum atomic E-state index is 13.5. The molecule has 0 fully saturated rings. The number of nitrogens with zero attached hydrogens (tertiary/aromatic N) is 7. The smallest absolute Gasteiger partial charge is 0.297 e. The van der Waals surface area contributed by atoms with Crippen LogP contribution < -0.4 is 10.6 Å². The Bertz CT molecular complexity index is 4210. The van der Waals surface area contributed by atoms with Gasteiger partial charge in [0.2, 0.25) is 5.13 Å². The lowest BCUT2D eigenvalue weighted by atomic mass is 10.0. The van der Waals surface area contributed by atoms with Crippen molar-refractivity contribution in [3.63, 3.8) is 0 Å². The van der Waals surface area contributed by atoms with Gasteiger partial charge in [0.05, 0.1) is 44.6 Å². The lowest BCUT2D eigenvalue weighted by molar-refractivity contribution is 0.391. The number of anilines is 2. The molecule has 412 valence electrons. The minimum absolute atomic E-state index is 0.00987. The van der Waals surface area contributed by atoms with Crippen LogP contribution in [0.2, 0.25) is 0 Å². The number of azo groups is 2. The summed E-state index contributed by atoms with van der Waals surface area (Å²) in [6.45, 7) is 5.06. The summed E-state index contributed by atoms with van der Waals surface area (Å²) in [5.74, 6) is -1.09. The molecule has 79 heavy (non-hydrogen) atoms. The quantitative estimate of drug-likeness (QED) is 0.0246. The van der Waals surface area contributed by atoms with Gasteiger partial charge in [0, 0.05) is 33.8 Å². The monoisotopic (exact) mass is 1190 g/mol. The maximum Gasteiger partial charge on any atom is 0.297 e. The van der Waals surface area contributed by atoms with E-state index in [1.807, 2.05) is 42.5 Å².